The Hall–Kier alpha value is -2.49. The van der Waals surface area contributed by atoms with Crippen molar-refractivity contribution >= 4 is 33.6 Å². The number of alkyl halides is 1. The van der Waals surface area contributed by atoms with Crippen molar-refractivity contribution in [2.75, 3.05) is 31.1 Å². The molecule has 8 nitrogen and oxygen atoms in total. The second kappa shape index (κ2) is 10.8. The molecule has 2 heterocycles. The molecule has 2 aromatic rings. The van der Waals surface area contributed by atoms with Crippen LogP contribution in [0.25, 0.3) is 0 Å². The summed E-state index contributed by atoms with van der Waals surface area (Å²) < 4.78 is 25.8. The number of carbonyl (C=O) groups is 2. The average molecular weight is 606 g/mol. The van der Waals surface area contributed by atoms with Gasteiger partial charge in [0.1, 0.15) is 0 Å². The van der Waals surface area contributed by atoms with Crippen LogP contribution in [0.5, 0.6) is 0 Å². The van der Waals surface area contributed by atoms with Crippen LogP contribution in [0, 0.1) is 11.3 Å². The minimum absolute atomic E-state index is 0.00505. The summed E-state index contributed by atoms with van der Waals surface area (Å²) in [6.45, 7) is 6.76. The summed E-state index contributed by atoms with van der Waals surface area (Å²) in [5.41, 5.74) is -0.986. The van der Waals surface area contributed by atoms with E-state index in [0.717, 1.165) is 48.7 Å². The van der Waals surface area contributed by atoms with Crippen molar-refractivity contribution in [3.8, 4) is 0 Å². The van der Waals surface area contributed by atoms with Gasteiger partial charge in [0.25, 0.3) is 5.89 Å². The molecule has 1 aliphatic heterocycles. The molecule has 4 fully saturated rings. The SMILES string of the molecule is CCOC(=O)C1CCN(C(=O)N(CC23CCC(c4noc(C(C)(C)F)n4)(CC2)CC3)c2cccc(Br)c2)CC1. The van der Waals surface area contributed by atoms with Gasteiger partial charge in [-0.05, 0) is 95.8 Å². The van der Waals surface area contributed by atoms with E-state index in [1.807, 2.05) is 41.0 Å². The molecule has 0 unspecified atom stereocenters. The number of halogens is 2. The van der Waals surface area contributed by atoms with E-state index in [9.17, 15) is 14.0 Å². The van der Waals surface area contributed by atoms with Gasteiger partial charge >= 0.3 is 12.0 Å². The molecule has 3 saturated carbocycles. The fourth-order valence-electron chi connectivity index (χ4n) is 6.50. The van der Waals surface area contributed by atoms with Crippen LogP contribution in [-0.4, -0.2) is 53.3 Å². The molecular weight excluding hydrogens is 567 g/mol. The predicted octanol–water partition coefficient (Wildman–Crippen LogP) is 6.53. The number of aromatic nitrogens is 2. The van der Waals surface area contributed by atoms with Gasteiger partial charge in [-0.15, -0.1) is 0 Å². The molecule has 10 heteroatoms. The minimum Gasteiger partial charge on any atom is -0.466 e. The first-order valence-corrected chi connectivity index (χ1v) is 14.9. The molecule has 2 bridgehead atoms. The molecule has 0 N–H and O–H groups in total. The summed E-state index contributed by atoms with van der Waals surface area (Å²) in [6, 6.07) is 7.88. The number of nitrogens with zero attached hydrogens (tertiary/aromatic N) is 4. The number of piperidine rings is 1. The number of likely N-dealkylation sites (tertiary alicyclic amines) is 1. The molecule has 1 saturated heterocycles. The summed E-state index contributed by atoms with van der Waals surface area (Å²) >= 11 is 3.57. The first-order valence-electron chi connectivity index (χ1n) is 14.1. The summed E-state index contributed by atoms with van der Waals surface area (Å²) in [5.74, 6) is 0.350. The molecule has 212 valence electrons. The van der Waals surface area contributed by atoms with Gasteiger partial charge in [0, 0.05) is 35.2 Å². The van der Waals surface area contributed by atoms with Crippen LogP contribution in [0.1, 0.15) is 83.9 Å². The van der Waals surface area contributed by atoms with Gasteiger partial charge in [-0.1, -0.05) is 27.2 Å². The summed E-state index contributed by atoms with van der Waals surface area (Å²) in [5, 5.41) is 4.20. The highest BCUT2D eigenvalue weighted by atomic mass is 79.9. The number of benzene rings is 1. The van der Waals surface area contributed by atoms with E-state index in [2.05, 4.69) is 26.1 Å². The van der Waals surface area contributed by atoms with Gasteiger partial charge in [0.15, 0.2) is 11.5 Å². The standard InChI is InChI=1S/C29H38BrFN4O4/c1-4-38-23(36)20-8-16-34(17-9-20)26(37)35(22-7-5-6-21(30)18-22)19-28-10-13-29(14-11-28,15-12-28)24-32-25(39-33-24)27(2,3)31/h5-7,18,20H,4,8-17,19H2,1-3H3. The molecular formula is C29H38BrFN4O4. The third-order valence-corrected chi connectivity index (χ3v) is 9.53. The highest BCUT2D eigenvalue weighted by Gasteiger charge is 2.53. The van der Waals surface area contributed by atoms with E-state index in [4.69, 9.17) is 9.26 Å². The van der Waals surface area contributed by atoms with Crippen LogP contribution in [0.15, 0.2) is 33.3 Å². The Balaban J connectivity index is 1.31. The van der Waals surface area contributed by atoms with Crippen molar-refractivity contribution in [2.24, 2.45) is 11.3 Å². The number of carbonyl (C=O) groups excluding carboxylic acids is 2. The van der Waals surface area contributed by atoms with Crippen LogP contribution >= 0.6 is 15.9 Å². The lowest BCUT2D eigenvalue weighted by Gasteiger charge is -2.53. The number of rotatable bonds is 7. The Morgan fingerprint density at radius 3 is 2.41 bits per heavy atom. The van der Waals surface area contributed by atoms with Crippen molar-refractivity contribution in [3.63, 3.8) is 0 Å². The first-order chi connectivity index (χ1) is 18.5. The zero-order chi connectivity index (χ0) is 27.8. The maximum atomic E-state index is 14.4. The second-order valence-electron chi connectivity index (χ2n) is 12.0. The predicted molar refractivity (Wildman–Crippen MR) is 148 cm³/mol. The minimum atomic E-state index is -1.66. The van der Waals surface area contributed by atoms with Gasteiger partial charge in [0.2, 0.25) is 0 Å². The van der Waals surface area contributed by atoms with Crippen molar-refractivity contribution in [1.29, 1.82) is 0 Å². The van der Waals surface area contributed by atoms with Crippen molar-refractivity contribution in [3.05, 3.63) is 40.5 Å². The number of hydrogen-bond donors (Lipinski definition) is 0. The van der Waals surface area contributed by atoms with Crippen LogP contribution in [-0.2, 0) is 20.6 Å². The molecule has 0 atom stereocenters. The zero-order valence-electron chi connectivity index (χ0n) is 23.0. The molecule has 39 heavy (non-hydrogen) atoms. The molecule has 3 aliphatic carbocycles. The highest BCUT2D eigenvalue weighted by Crippen LogP contribution is 2.57. The van der Waals surface area contributed by atoms with Gasteiger partial charge < -0.3 is 14.2 Å². The Labute approximate surface area is 237 Å². The summed E-state index contributed by atoms with van der Waals surface area (Å²) in [4.78, 5) is 34.5. The maximum absolute atomic E-state index is 14.4. The number of urea groups is 1. The second-order valence-corrected chi connectivity index (χ2v) is 13.0. The fourth-order valence-corrected chi connectivity index (χ4v) is 6.89. The van der Waals surface area contributed by atoms with Crippen molar-refractivity contribution in [2.45, 2.75) is 83.2 Å². The topological polar surface area (TPSA) is 88.8 Å². The number of hydrogen-bond acceptors (Lipinski definition) is 6. The Kier molecular flexibility index (Phi) is 7.79. The summed E-state index contributed by atoms with van der Waals surface area (Å²) in [6.07, 6.45) is 6.74. The van der Waals surface area contributed by atoms with Crippen molar-refractivity contribution in [1.82, 2.24) is 15.0 Å². The molecule has 6 rings (SSSR count). The first kappa shape index (κ1) is 28.1. The lowest BCUT2D eigenvalue weighted by atomic mass is 9.53. The van der Waals surface area contributed by atoms with Gasteiger partial charge in [0.05, 0.1) is 12.5 Å². The highest BCUT2D eigenvalue weighted by molar-refractivity contribution is 9.10. The lowest BCUT2D eigenvalue weighted by Crippen LogP contribution is -2.54. The maximum Gasteiger partial charge on any atom is 0.324 e. The largest absolute Gasteiger partial charge is 0.466 e. The van der Waals surface area contributed by atoms with Crippen LogP contribution in [0.2, 0.25) is 0 Å². The average Bonchev–Trinajstić information content (AvgIpc) is 3.45. The number of fused-ring (bicyclic) bond motifs is 3. The number of esters is 1. The third kappa shape index (κ3) is 5.72. The Morgan fingerprint density at radius 2 is 1.85 bits per heavy atom. The van der Waals surface area contributed by atoms with E-state index in [0.29, 0.717) is 44.9 Å². The quantitative estimate of drug-likeness (QED) is 0.334. The fraction of sp³-hybridized carbons (Fsp3) is 0.655. The molecule has 0 radical (unpaired) electrons. The van der Waals surface area contributed by atoms with Crippen LogP contribution < -0.4 is 4.90 Å². The van der Waals surface area contributed by atoms with Gasteiger partial charge in [-0.2, -0.15) is 4.98 Å². The molecule has 2 amide bonds. The lowest BCUT2D eigenvalue weighted by molar-refractivity contribution is -0.149. The smallest absolute Gasteiger partial charge is 0.324 e. The third-order valence-electron chi connectivity index (χ3n) is 9.04. The van der Waals surface area contributed by atoms with E-state index in [-0.39, 0.29) is 34.6 Å². The van der Waals surface area contributed by atoms with Crippen LogP contribution in [0.3, 0.4) is 0 Å². The molecule has 4 aliphatic rings. The number of ether oxygens (including phenoxy) is 1. The van der Waals surface area contributed by atoms with Crippen LogP contribution in [0.4, 0.5) is 14.9 Å². The zero-order valence-corrected chi connectivity index (χ0v) is 24.6. The monoisotopic (exact) mass is 604 g/mol. The molecule has 0 spiro atoms. The van der Waals surface area contributed by atoms with Gasteiger partial charge in [-0.25, -0.2) is 9.18 Å². The number of anilines is 1. The van der Waals surface area contributed by atoms with E-state index in [1.54, 1.807) is 0 Å². The molecule has 1 aromatic heterocycles. The number of amides is 2. The summed E-state index contributed by atoms with van der Waals surface area (Å²) in [7, 11) is 0. The van der Waals surface area contributed by atoms with E-state index in [1.165, 1.54) is 13.8 Å². The molecule has 1 aromatic carbocycles. The van der Waals surface area contributed by atoms with Crippen molar-refractivity contribution < 1.29 is 23.2 Å². The van der Waals surface area contributed by atoms with E-state index < -0.39 is 5.67 Å². The normalized spacial score (nSPS) is 25.5. The Bertz CT molecular complexity index is 1180. The van der Waals surface area contributed by atoms with E-state index >= 15 is 0 Å². The van der Waals surface area contributed by atoms with Gasteiger partial charge in [-0.3, -0.25) is 9.69 Å². The Morgan fingerprint density at radius 1 is 1.18 bits per heavy atom.